The molecule has 3 nitrogen and oxygen atoms in total. The summed E-state index contributed by atoms with van der Waals surface area (Å²) in [4.78, 5) is 8.70. The first-order chi connectivity index (χ1) is 9.56. The number of imidazole rings is 1. The lowest BCUT2D eigenvalue weighted by Gasteiger charge is -2.09. The number of hydrogen-bond donors (Lipinski definition) is 0. The first-order valence-electron chi connectivity index (χ1n) is 5.92. The van der Waals surface area contributed by atoms with Crippen LogP contribution in [0.5, 0.6) is 0 Å². The average Bonchev–Trinajstić information content (AvgIpc) is 3.00. The zero-order chi connectivity index (χ0) is 14.3. The fourth-order valence-electron chi connectivity index (χ4n) is 2.09. The van der Waals surface area contributed by atoms with Gasteiger partial charge in [-0.05, 0) is 13.0 Å². The maximum Gasteiger partial charge on any atom is 0.144 e. The summed E-state index contributed by atoms with van der Waals surface area (Å²) in [6.45, 7) is 2.34. The van der Waals surface area contributed by atoms with E-state index in [1.165, 1.54) is 23.5 Å². The number of thiazole rings is 1. The molecule has 1 unspecified atom stereocenters. The molecule has 0 bridgehead atoms. The van der Waals surface area contributed by atoms with Crippen molar-refractivity contribution in [3.63, 3.8) is 0 Å². The van der Waals surface area contributed by atoms with E-state index in [0.717, 1.165) is 5.69 Å². The zero-order valence-corrected chi connectivity index (χ0v) is 12.8. The molecule has 0 aliphatic rings. The van der Waals surface area contributed by atoms with Crippen molar-refractivity contribution in [2.75, 3.05) is 0 Å². The fourth-order valence-corrected chi connectivity index (χ4v) is 2.96. The third-order valence-electron chi connectivity index (χ3n) is 2.98. The standard InChI is InChI=1S/C13H10Cl2FN3S/c1-7(14)13-18-11-2-9(15)10(16)3-12(11)19(13)4-8-5-20-6-17-8/h2-3,5-7H,4H2,1H3. The third kappa shape index (κ3) is 2.41. The van der Waals surface area contributed by atoms with Gasteiger partial charge in [0, 0.05) is 11.4 Å². The van der Waals surface area contributed by atoms with Crippen molar-refractivity contribution in [3.05, 3.63) is 45.4 Å². The number of aromatic nitrogens is 3. The second kappa shape index (κ2) is 5.31. The molecule has 7 heteroatoms. The summed E-state index contributed by atoms with van der Waals surface area (Å²) in [5.74, 6) is 0.212. The fraction of sp³-hybridized carbons (Fsp3) is 0.231. The van der Waals surface area contributed by atoms with Crippen LogP contribution in [-0.2, 0) is 6.54 Å². The van der Waals surface area contributed by atoms with Gasteiger partial charge in [-0.3, -0.25) is 0 Å². The highest BCUT2D eigenvalue weighted by Crippen LogP contribution is 2.28. The van der Waals surface area contributed by atoms with Gasteiger partial charge in [-0.25, -0.2) is 14.4 Å². The van der Waals surface area contributed by atoms with Crippen molar-refractivity contribution in [1.29, 1.82) is 0 Å². The van der Waals surface area contributed by atoms with E-state index in [9.17, 15) is 4.39 Å². The highest BCUT2D eigenvalue weighted by atomic mass is 35.5. The molecule has 0 saturated carbocycles. The Bertz CT molecular complexity index is 753. The van der Waals surface area contributed by atoms with Gasteiger partial charge in [-0.1, -0.05) is 11.6 Å². The van der Waals surface area contributed by atoms with Crippen molar-refractivity contribution < 1.29 is 4.39 Å². The number of fused-ring (bicyclic) bond motifs is 1. The van der Waals surface area contributed by atoms with Crippen molar-refractivity contribution >= 4 is 45.6 Å². The maximum absolute atomic E-state index is 13.7. The molecule has 0 aliphatic heterocycles. The molecule has 0 saturated heterocycles. The van der Waals surface area contributed by atoms with Crippen LogP contribution in [0.2, 0.25) is 5.02 Å². The molecule has 1 atom stereocenters. The van der Waals surface area contributed by atoms with Gasteiger partial charge in [0.05, 0.1) is 39.2 Å². The molecule has 2 aromatic heterocycles. The number of benzene rings is 1. The summed E-state index contributed by atoms with van der Waals surface area (Å²) >= 11 is 13.5. The Balaban J connectivity index is 2.20. The molecule has 0 amide bonds. The molecular formula is C13H10Cl2FN3S. The summed E-state index contributed by atoms with van der Waals surface area (Å²) in [5.41, 5.74) is 3.95. The van der Waals surface area contributed by atoms with Crippen molar-refractivity contribution in [3.8, 4) is 0 Å². The van der Waals surface area contributed by atoms with E-state index in [2.05, 4.69) is 9.97 Å². The number of rotatable bonds is 3. The maximum atomic E-state index is 13.7. The van der Waals surface area contributed by atoms with E-state index in [1.54, 1.807) is 5.51 Å². The molecule has 0 radical (unpaired) electrons. The van der Waals surface area contributed by atoms with Crippen LogP contribution in [0, 0.1) is 5.82 Å². The zero-order valence-electron chi connectivity index (χ0n) is 10.5. The van der Waals surface area contributed by atoms with Crippen molar-refractivity contribution in [2.24, 2.45) is 0 Å². The Labute approximate surface area is 129 Å². The average molecular weight is 330 g/mol. The highest BCUT2D eigenvalue weighted by Gasteiger charge is 2.17. The molecule has 2 heterocycles. The van der Waals surface area contributed by atoms with Gasteiger partial charge in [0.25, 0.3) is 0 Å². The van der Waals surface area contributed by atoms with Crippen LogP contribution in [0.1, 0.15) is 23.8 Å². The van der Waals surface area contributed by atoms with E-state index in [-0.39, 0.29) is 10.4 Å². The van der Waals surface area contributed by atoms with E-state index >= 15 is 0 Å². The quantitative estimate of drug-likeness (QED) is 0.655. The predicted octanol–water partition coefficient (Wildman–Crippen LogP) is 4.63. The minimum Gasteiger partial charge on any atom is -0.321 e. The van der Waals surface area contributed by atoms with Gasteiger partial charge in [-0.15, -0.1) is 22.9 Å². The van der Waals surface area contributed by atoms with Gasteiger partial charge < -0.3 is 4.57 Å². The lowest BCUT2D eigenvalue weighted by Crippen LogP contribution is -2.06. The third-order valence-corrected chi connectivity index (χ3v) is 4.10. The highest BCUT2D eigenvalue weighted by molar-refractivity contribution is 7.07. The normalized spacial score (nSPS) is 13.0. The summed E-state index contributed by atoms with van der Waals surface area (Å²) < 4.78 is 15.6. The minimum atomic E-state index is -0.465. The van der Waals surface area contributed by atoms with Gasteiger partial charge in [-0.2, -0.15) is 0 Å². The summed E-state index contributed by atoms with van der Waals surface area (Å²) in [5, 5.41) is 1.72. The van der Waals surface area contributed by atoms with Crippen LogP contribution in [0.15, 0.2) is 23.0 Å². The van der Waals surface area contributed by atoms with E-state index in [0.29, 0.717) is 23.4 Å². The van der Waals surface area contributed by atoms with E-state index < -0.39 is 5.82 Å². The SMILES string of the molecule is CC(Cl)c1nc2cc(Cl)c(F)cc2n1Cc1cscn1. The number of halogens is 3. The second-order valence-corrected chi connectivity index (χ2v) is 6.19. The molecular weight excluding hydrogens is 320 g/mol. The smallest absolute Gasteiger partial charge is 0.144 e. The van der Waals surface area contributed by atoms with Crippen LogP contribution in [-0.4, -0.2) is 14.5 Å². The largest absolute Gasteiger partial charge is 0.321 e. The van der Waals surface area contributed by atoms with E-state index in [1.807, 2.05) is 16.9 Å². The van der Waals surface area contributed by atoms with Crippen LogP contribution in [0.25, 0.3) is 11.0 Å². The molecule has 0 aliphatic carbocycles. The molecule has 3 rings (SSSR count). The summed E-state index contributed by atoms with van der Waals surface area (Å²) in [7, 11) is 0. The monoisotopic (exact) mass is 329 g/mol. The first-order valence-corrected chi connectivity index (χ1v) is 7.68. The molecule has 104 valence electrons. The summed E-state index contributed by atoms with van der Waals surface area (Å²) in [6, 6.07) is 2.91. The molecule has 0 fully saturated rings. The molecule has 0 spiro atoms. The topological polar surface area (TPSA) is 30.7 Å². The predicted molar refractivity (Wildman–Crippen MR) is 80.2 cm³/mol. The Hall–Kier alpha value is -1.17. The number of hydrogen-bond acceptors (Lipinski definition) is 3. The lowest BCUT2D eigenvalue weighted by molar-refractivity contribution is 0.628. The Morgan fingerprint density at radius 3 is 2.90 bits per heavy atom. The second-order valence-electron chi connectivity index (χ2n) is 4.41. The summed E-state index contributed by atoms with van der Waals surface area (Å²) in [6.07, 6.45) is 0. The van der Waals surface area contributed by atoms with Crippen LogP contribution >= 0.6 is 34.5 Å². The number of alkyl halides is 1. The Kier molecular flexibility index (Phi) is 3.67. The van der Waals surface area contributed by atoms with Gasteiger partial charge in [0.2, 0.25) is 0 Å². The molecule has 1 aromatic carbocycles. The molecule has 3 aromatic rings. The van der Waals surface area contributed by atoms with Gasteiger partial charge >= 0.3 is 0 Å². The van der Waals surface area contributed by atoms with Crippen LogP contribution < -0.4 is 0 Å². The molecule has 20 heavy (non-hydrogen) atoms. The number of nitrogens with zero attached hydrogens (tertiary/aromatic N) is 3. The van der Waals surface area contributed by atoms with Crippen LogP contribution in [0.4, 0.5) is 4.39 Å². The first kappa shape index (κ1) is 13.8. The van der Waals surface area contributed by atoms with Gasteiger partial charge in [0.1, 0.15) is 11.6 Å². The Morgan fingerprint density at radius 2 is 2.25 bits per heavy atom. The Morgan fingerprint density at radius 1 is 1.45 bits per heavy atom. The van der Waals surface area contributed by atoms with Gasteiger partial charge in [0.15, 0.2) is 0 Å². The van der Waals surface area contributed by atoms with Crippen molar-refractivity contribution in [2.45, 2.75) is 18.8 Å². The minimum absolute atomic E-state index is 0.0598. The lowest BCUT2D eigenvalue weighted by atomic mass is 10.3. The van der Waals surface area contributed by atoms with E-state index in [4.69, 9.17) is 23.2 Å². The van der Waals surface area contributed by atoms with Crippen LogP contribution in [0.3, 0.4) is 0 Å². The molecule has 0 N–H and O–H groups in total. The van der Waals surface area contributed by atoms with Crippen molar-refractivity contribution in [1.82, 2.24) is 14.5 Å².